The number of anilines is 1. The molecule has 1 aliphatic heterocycles. The van der Waals surface area contributed by atoms with Crippen molar-refractivity contribution >= 4 is 26.3 Å². The van der Waals surface area contributed by atoms with Gasteiger partial charge in [0.1, 0.15) is 0 Å². The van der Waals surface area contributed by atoms with Crippen molar-refractivity contribution in [2.75, 3.05) is 29.5 Å². The summed E-state index contributed by atoms with van der Waals surface area (Å²) in [5.74, 6) is 0.461. The van der Waals surface area contributed by atoms with Gasteiger partial charge in [-0.15, -0.1) is 0 Å². The largest absolute Gasteiger partial charge is 0.391 e. The van der Waals surface area contributed by atoms with E-state index in [4.69, 9.17) is 5.11 Å². The first-order valence-corrected chi connectivity index (χ1v) is 7.75. The van der Waals surface area contributed by atoms with Crippen molar-refractivity contribution in [3.63, 3.8) is 0 Å². The van der Waals surface area contributed by atoms with Crippen molar-refractivity contribution in [2.24, 2.45) is 0 Å². The fourth-order valence-electron chi connectivity index (χ4n) is 1.65. The van der Waals surface area contributed by atoms with Crippen LogP contribution in [0.4, 0.5) is 5.13 Å². The molecule has 0 saturated carbocycles. The van der Waals surface area contributed by atoms with E-state index in [9.17, 15) is 8.42 Å². The first-order valence-electron chi connectivity index (χ1n) is 5.12. The normalized spacial score (nSPS) is 20.7. The molecule has 0 radical (unpaired) electrons. The van der Waals surface area contributed by atoms with E-state index in [2.05, 4.69) is 4.98 Å². The molecule has 16 heavy (non-hydrogen) atoms. The Hall–Kier alpha value is -0.660. The molecule has 1 fully saturated rings. The number of hydrogen-bond acceptors (Lipinski definition) is 6. The van der Waals surface area contributed by atoms with Gasteiger partial charge in [-0.25, -0.2) is 13.4 Å². The summed E-state index contributed by atoms with van der Waals surface area (Å²) in [7, 11) is -2.87. The lowest BCUT2D eigenvalue weighted by atomic mass is 10.4. The van der Waals surface area contributed by atoms with Crippen LogP contribution in [0.1, 0.15) is 11.3 Å². The fourth-order valence-corrected chi connectivity index (χ4v) is 3.74. The second-order valence-corrected chi connectivity index (χ2v) is 7.16. The van der Waals surface area contributed by atoms with Gasteiger partial charge in [-0.1, -0.05) is 11.3 Å². The van der Waals surface area contributed by atoms with E-state index in [-0.39, 0.29) is 18.1 Å². The lowest BCUT2D eigenvalue weighted by Crippen LogP contribution is -2.26. The molecule has 1 saturated heterocycles. The van der Waals surface area contributed by atoms with Gasteiger partial charge in [0.05, 0.1) is 23.0 Å². The van der Waals surface area contributed by atoms with Crippen molar-refractivity contribution in [3.8, 4) is 0 Å². The predicted octanol–water partition coefficient (Wildman–Crippen LogP) is 0.260. The SMILES string of the molecule is O=S1(=O)CCCN(c2ncc(CO)s2)CC1. The Morgan fingerprint density at radius 2 is 2.25 bits per heavy atom. The van der Waals surface area contributed by atoms with Crippen LogP contribution in [-0.2, 0) is 16.4 Å². The summed E-state index contributed by atoms with van der Waals surface area (Å²) in [5, 5.41) is 9.75. The molecule has 0 aliphatic carbocycles. The van der Waals surface area contributed by atoms with Crippen molar-refractivity contribution in [3.05, 3.63) is 11.1 Å². The number of aromatic nitrogens is 1. The van der Waals surface area contributed by atoms with Gasteiger partial charge < -0.3 is 10.0 Å². The summed E-state index contributed by atoms with van der Waals surface area (Å²) >= 11 is 1.42. The summed E-state index contributed by atoms with van der Waals surface area (Å²) in [4.78, 5) is 6.98. The minimum atomic E-state index is -2.87. The number of sulfone groups is 1. The Kier molecular flexibility index (Phi) is 3.46. The molecule has 5 nitrogen and oxygen atoms in total. The topological polar surface area (TPSA) is 70.5 Å². The van der Waals surface area contributed by atoms with Crippen LogP contribution < -0.4 is 4.90 Å². The molecule has 0 bridgehead atoms. The molecule has 1 aliphatic rings. The zero-order valence-electron chi connectivity index (χ0n) is 8.79. The molecular weight excluding hydrogens is 248 g/mol. The Bertz CT molecular complexity index is 455. The number of hydrogen-bond donors (Lipinski definition) is 1. The smallest absolute Gasteiger partial charge is 0.185 e. The highest BCUT2D eigenvalue weighted by Crippen LogP contribution is 2.23. The van der Waals surface area contributed by atoms with E-state index < -0.39 is 9.84 Å². The first kappa shape index (κ1) is 11.8. The summed E-state index contributed by atoms with van der Waals surface area (Å²) in [6.07, 6.45) is 2.29. The number of aliphatic hydroxyl groups is 1. The van der Waals surface area contributed by atoms with Gasteiger partial charge in [-0.2, -0.15) is 0 Å². The fraction of sp³-hybridized carbons (Fsp3) is 0.667. The monoisotopic (exact) mass is 262 g/mol. The maximum absolute atomic E-state index is 11.4. The molecule has 1 aromatic rings. The zero-order valence-corrected chi connectivity index (χ0v) is 10.4. The van der Waals surface area contributed by atoms with E-state index in [0.717, 1.165) is 16.6 Å². The third-order valence-corrected chi connectivity index (χ3v) is 5.28. The average molecular weight is 262 g/mol. The third kappa shape index (κ3) is 2.72. The van der Waals surface area contributed by atoms with Gasteiger partial charge in [0.2, 0.25) is 0 Å². The van der Waals surface area contributed by atoms with E-state index in [1.54, 1.807) is 6.20 Å². The molecule has 1 aromatic heterocycles. The molecule has 1 N–H and O–H groups in total. The Morgan fingerprint density at radius 3 is 2.94 bits per heavy atom. The number of thiazole rings is 1. The molecule has 2 rings (SSSR count). The van der Waals surface area contributed by atoms with Crippen molar-refractivity contribution in [2.45, 2.75) is 13.0 Å². The quantitative estimate of drug-likeness (QED) is 0.828. The van der Waals surface area contributed by atoms with Crippen LogP contribution in [0.2, 0.25) is 0 Å². The molecule has 7 heteroatoms. The average Bonchev–Trinajstić information content (AvgIpc) is 2.64. The van der Waals surface area contributed by atoms with Crippen LogP contribution in [0.3, 0.4) is 0 Å². The lowest BCUT2D eigenvalue weighted by Gasteiger charge is -2.17. The molecule has 0 spiro atoms. The molecule has 0 atom stereocenters. The van der Waals surface area contributed by atoms with Crippen LogP contribution in [0, 0.1) is 0 Å². The summed E-state index contributed by atoms with van der Waals surface area (Å²) in [6.45, 7) is 1.21. The third-order valence-electron chi connectivity index (χ3n) is 2.52. The van der Waals surface area contributed by atoms with E-state index in [1.807, 2.05) is 4.90 Å². The van der Waals surface area contributed by atoms with Crippen LogP contribution >= 0.6 is 11.3 Å². The minimum Gasteiger partial charge on any atom is -0.391 e. The van der Waals surface area contributed by atoms with Gasteiger partial charge in [-0.05, 0) is 6.42 Å². The minimum absolute atomic E-state index is 0.0101. The van der Waals surface area contributed by atoms with Gasteiger partial charge in [0.25, 0.3) is 0 Å². The molecule has 2 heterocycles. The van der Waals surface area contributed by atoms with Gasteiger partial charge in [0.15, 0.2) is 15.0 Å². The summed E-state index contributed by atoms with van der Waals surface area (Å²) < 4.78 is 22.9. The lowest BCUT2D eigenvalue weighted by molar-refractivity contribution is 0.285. The van der Waals surface area contributed by atoms with Crippen LogP contribution in [0.25, 0.3) is 0 Å². The van der Waals surface area contributed by atoms with Gasteiger partial charge in [-0.3, -0.25) is 0 Å². The summed E-state index contributed by atoms with van der Waals surface area (Å²) in [6, 6.07) is 0. The maximum Gasteiger partial charge on any atom is 0.185 e. The zero-order chi connectivity index (χ0) is 11.6. The highest BCUT2D eigenvalue weighted by Gasteiger charge is 2.20. The molecule has 0 amide bonds. The van der Waals surface area contributed by atoms with E-state index in [1.165, 1.54) is 11.3 Å². The Balaban J connectivity index is 2.10. The van der Waals surface area contributed by atoms with E-state index in [0.29, 0.717) is 13.0 Å². The van der Waals surface area contributed by atoms with Crippen LogP contribution in [-0.4, -0.2) is 43.1 Å². The van der Waals surface area contributed by atoms with Crippen molar-refractivity contribution in [1.82, 2.24) is 4.98 Å². The molecule has 0 aromatic carbocycles. The van der Waals surface area contributed by atoms with Gasteiger partial charge >= 0.3 is 0 Å². The van der Waals surface area contributed by atoms with Gasteiger partial charge in [0, 0.05) is 19.3 Å². The standard InChI is InChI=1S/C9H14N2O3S2/c12-7-8-6-10-9(15-8)11-2-1-4-16(13,14)5-3-11/h6,12H,1-5,7H2. The van der Waals surface area contributed by atoms with Crippen molar-refractivity contribution < 1.29 is 13.5 Å². The summed E-state index contributed by atoms with van der Waals surface area (Å²) in [5.41, 5.74) is 0. The second-order valence-electron chi connectivity index (χ2n) is 3.76. The number of aliphatic hydroxyl groups excluding tert-OH is 1. The van der Waals surface area contributed by atoms with Crippen LogP contribution in [0.15, 0.2) is 6.20 Å². The molecular formula is C9H14N2O3S2. The number of nitrogens with zero attached hydrogens (tertiary/aromatic N) is 2. The highest BCUT2D eigenvalue weighted by molar-refractivity contribution is 7.91. The molecule has 0 unspecified atom stereocenters. The maximum atomic E-state index is 11.4. The van der Waals surface area contributed by atoms with Crippen LogP contribution in [0.5, 0.6) is 0 Å². The van der Waals surface area contributed by atoms with E-state index >= 15 is 0 Å². The van der Waals surface area contributed by atoms with Crippen molar-refractivity contribution in [1.29, 1.82) is 0 Å². The Morgan fingerprint density at radius 1 is 1.44 bits per heavy atom. The molecule has 90 valence electrons. The first-order chi connectivity index (χ1) is 7.61. The second kappa shape index (κ2) is 4.68. The highest BCUT2D eigenvalue weighted by atomic mass is 32.2. The number of rotatable bonds is 2. The Labute approximate surface area is 98.7 Å². The predicted molar refractivity (Wildman–Crippen MR) is 63.5 cm³/mol.